The molecule has 0 bridgehead atoms. The molecule has 3 rings (SSSR count). The second-order valence-electron chi connectivity index (χ2n) is 8.29. The van der Waals surface area contributed by atoms with Crippen molar-refractivity contribution in [3.8, 4) is 17.2 Å². The minimum absolute atomic E-state index is 0.00373. The number of nitrogens with one attached hydrogen (secondary N) is 1. The number of aryl methyl sites for hydroxylation is 1. The molecule has 0 radical (unpaired) electrons. The molecule has 2 amide bonds. The molecule has 1 aliphatic heterocycles. The fourth-order valence-corrected chi connectivity index (χ4v) is 3.99. The normalized spacial score (nSPS) is 14.0. The van der Waals surface area contributed by atoms with E-state index in [0.29, 0.717) is 48.4 Å². The van der Waals surface area contributed by atoms with Crippen LogP contribution in [0.15, 0.2) is 42.5 Å². The molecule has 178 valence electrons. The summed E-state index contributed by atoms with van der Waals surface area (Å²) in [6, 6.07) is 13.1. The predicted molar refractivity (Wildman–Crippen MR) is 127 cm³/mol. The minimum Gasteiger partial charge on any atom is -0.493 e. The summed E-state index contributed by atoms with van der Waals surface area (Å²) in [5.74, 6) is 2.04. The van der Waals surface area contributed by atoms with Crippen LogP contribution in [0.1, 0.15) is 42.1 Å². The standard InChI is InChI=1S/C26H34N2O5/c1-4-5-19-6-9-22(10-7-19)33-18-25(29)27-17-20-12-14-28(15-13-20)26(30)21-8-11-23(31-2)24(16-21)32-3/h6-11,16,20H,4-5,12-15,17-18H2,1-3H3,(H,27,29). The van der Waals surface area contributed by atoms with Crippen LogP contribution in [0.25, 0.3) is 0 Å². The molecule has 1 saturated heterocycles. The molecule has 1 aliphatic rings. The van der Waals surface area contributed by atoms with Crippen molar-refractivity contribution in [3.63, 3.8) is 0 Å². The Labute approximate surface area is 196 Å². The maximum absolute atomic E-state index is 12.9. The lowest BCUT2D eigenvalue weighted by atomic mass is 9.96. The number of rotatable bonds is 10. The smallest absolute Gasteiger partial charge is 0.257 e. The zero-order valence-corrected chi connectivity index (χ0v) is 19.8. The van der Waals surface area contributed by atoms with Crippen LogP contribution in [0.5, 0.6) is 17.2 Å². The molecule has 0 spiro atoms. The van der Waals surface area contributed by atoms with E-state index in [0.717, 1.165) is 25.7 Å². The van der Waals surface area contributed by atoms with Crippen LogP contribution in [-0.4, -0.2) is 57.2 Å². The van der Waals surface area contributed by atoms with E-state index in [4.69, 9.17) is 14.2 Å². The number of hydrogen-bond donors (Lipinski definition) is 1. The van der Waals surface area contributed by atoms with Gasteiger partial charge in [-0.05, 0) is 61.1 Å². The van der Waals surface area contributed by atoms with Gasteiger partial charge in [-0.3, -0.25) is 9.59 Å². The quantitative estimate of drug-likeness (QED) is 0.592. The maximum atomic E-state index is 12.9. The van der Waals surface area contributed by atoms with Gasteiger partial charge in [-0.25, -0.2) is 0 Å². The van der Waals surface area contributed by atoms with E-state index in [-0.39, 0.29) is 18.4 Å². The number of benzene rings is 2. The van der Waals surface area contributed by atoms with Gasteiger partial charge in [0.25, 0.3) is 11.8 Å². The van der Waals surface area contributed by atoms with Gasteiger partial charge in [0, 0.05) is 25.2 Å². The Balaban J connectivity index is 1.39. The van der Waals surface area contributed by atoms with Crippen LogP contribution in [0.3, 0.4) is 0 Å². The summed E-state index contributed by atoms with van der Waals surface area (Å²) in [5.41, 5.74) is 1.85. The largest absolute Gasteiger partial charge is 0.493 e. The number of carbonyl (C=O) groups is 2. The van der Waals surface area contributed by atoms with Gasteiger partial charge in [0.15, 0.2) is 18.1 Å². The monoisotopic (exact) mass is 454 g/mol. The van der Waals surface area contributed by atoms with Crippen LogP contribution >= 0.6 is 0 Å². The van der Waals surface area contributed by atoms with Crippen LogP contribution < -0.4 is 19.5 Å². The molecule has 33 heavy (non-hydrogen) atoms. The molecule has 0 unspecified atom stereocenters. The van der Waals surface area contributed by atoms with Gasteiger partial charge in [-0.2, -0.15) is 0 Å². The molecule has 0 aromatic heterocycles. The Bertz CT molecular complexity index is 921. The summed E-state index contributed by atoms with van der Waals surface area (Å²) >= 11 is 0. The zero-order valence-electron chi connectivity index (χ0n) is 19.8. The van der Waals surface area contributed by atoms with E-state index >= 15 is 0 Å². The van der Waals surface area contributed by atoms with Gasteiger partial charge in [0.2, 0.25) is 0 Å². The van der Waals surface area contributed by atoms with E-state index in [1.807, 2.05) is 29.2 Å². The molecule has 0 atom stereocenters. The van der Waals surface area contributed by atoms with Crippen molar-refractivity contribution in [2.75, 3.05) is 40.5 Å². The first-order chi connectivity index (χ1) is 16.0. The Morgan fingerprint density at radius 1 is 1.00 bits per heavy atom. The molecule has 1 N–H and O–H groups in total. The number of carbonyl (C=O) groups excluding carboxylic acids is 2. The van der Waals surface area contributed by atoms with Gasteiger partial charge >= 0.3 is 0 Å². The van der Waals surface area contributed by atoms with Crippen LogP contribution in [-0.2, 0) is 11.2 Å². The molecule has 0 saturated carbocycles. The highest BCUT2D eigenvalue weighted by molar-refractivity contribution is 5.95. The van der Waals surface area contributed by atoms with Crippen molar-refractivity contribution in [3.05, 3.63) is 53.6 Å². The van der Waals surface area contributed by atoms with Crippen molar-refractivity contribution in [1.29, 1.82) is 0 Å². The first-order valence-corrected chi connectivity index (χ1v) is 11.5. The van der Waals surface area contributed by atoms with Crippen molar-refractivity contribution in [2.45, 2.75) is 32.6 Å². The van der Waals surface area contributed by atoms with Crippen molar-refractivity contribution in [1.82, 2.24) is 10.2 Å². The third-order valence-electron chi connectivity index (χ3n) is 5.95. The number of piperidine rings is 1. The lowest BCUT2D eigenvalue weighted by Gasteiger charge is -2.32. The van der Waals surface area contributed by atoms with E-state index in [9.17, 15) is 9.59 Å². The number of methoxy groups -OCH3 is 2. The van der Waals surface area contributed by atoms with Crippen LogP contribution in [0.2, 0.25) is 0 Å². The SMILES string of the molecule is CCCc1ccc(OCC(=O)NCC2CCN(C(=O)c3ccc(OC)c(OC)c3)CC2)cc1. The van der Waals surface area contributed by atoms with E-state index in [1.54, 1.807) is 32.4 Å². The molecule has 7 heteroatoms. The second-order valence-corrected chi connectivity index (χ2v) is 8.29. The Morgan fingerprint density at radius 3 is 2.33 bits per heavy atom. The Morgan fingerprint density at radius 2 is 1.70 bits per heavy atom. The number of hydrogen-bond acceptors (Lipinski definition) is 5. The molecule has 7 nitrogen and oxygen atoms in total. The summed E-state index contributed by atoms with van der Waals surface area (Å²) in [7, 11) is 3.12. The lowest BCUT2D eigenvalue weighted by molar-refractivity contribution is -0.123. The molecule has 1 heterocycles. The van der Waals surface area contributed by atoms with Gasteiger partial charge in [-0.1, -0.05) is 25.5 Å². The van der Waals surface area contributed by atoms with Crippen LogP contribution in [0, 0.1) is 5.92 Å². The van der Waals surface area contributed by atoms with E-state index in [1.165, 1.54) is 5.56 Å². The lowest BCUT2D eigenvalue weighted by Crippen LogP contribution is -2.42. The summed E-state index contributed by atoms with van der Waals surface area (Å²) in [5, 5.41) is 2.96. The van der Waals surface area contributed by atoms with Gasteiger partial charge in [-0.15, -0.1) is 0 Å². The van der Waals surface area contributed by atoms with Crippen molar-refractivity contribution < 1.29 is 23.8 Å². The van der Waals surface area contributed by atoms with Gasteiger partial charge in [0.1, 0.15) is 5.75 Å². The fraction of sp³-hybridized carbons (Fsp3) is 0.462. The van der Waals surface area contributed by atoms with Gasteiger partial charge < -0.3 is 24.4 Å². The fourth-order valence-electron chi connectivity index (χ4n) is 3.99. The summed E-state index contributed by atoms with van der Waals surface area (Å²) < 4.78 is 16.1. The summed E-state index contributed by atoms with van der Waals surface area (Å²) in [6.45, 7) is 4.07. The highest BCUT2D eigenvalue weighted by Crippen LogP contribution is 2.28. The molecule has 2 aromatic carbocycles. The highest BCUT2D eigenvalue weighted by Gasteiger charge is 2.24. The first kappa shape index (κ1) is 24.4. The predicted octanol–water partition coefficient (Wildman–Crippen LogP) is 3.70. The molecule has 1 fully saturated rings. The minimum atomic E-state index is -0.128. The first-order valence-electron chi connectivity index (χ1n) is 11.5. The van der Waals surface area contributed by atoms with Crippen molar-refractivity contribution >= 4 is 11.8 Å². The molecular weight excluding hydrogens is 420 g/mol. The number of likely N-dealkylation sites (tertiary alicyclic amines) is 1. The average Bonchev–Trinajstić information content (AvgIpc) is 2.86. The molecule has 2 aromatic rings. The third kappa shape index (κ3) is 6.88. The Hall–Kier alpha value is -3.22. The number of nitrogens with zero attached hydrogens (tertiary/aromatic N) is 1. The average molecular weight is 455 g/mol. The zero-order chi connectivity index (χ0) is 23.6. The summed E-state index contributed by atoms with van der Waals surface area (Å²) in [6.07, 6.45) is 3.84. The second kappa shape index (κ2) is 12.1. The van der Waals surface area contributed by atoms with Crippen molar-refractivity contribution in [2.24, 2.45) is 5.92 Å². The third-order valence-corrected chi connectivity index (χ3v) is 5.95. The Kier molecular flexibility index (Phi) is 8.98. The number of ether oxygens (including phenoxy) is 3. The van der Waals surface area contributed by atoms with E-state index < -0.39 is 0 Å². The maximum Gasteiger partial charge on any atom is 0.257 e. The molecule has 0 aliphatic carbocycles. The van der Waals surface area contributed by atoms with E-state index in [2.05, 4.69) is 12.2 Å². The summed E-state index contributed by atoms with van der Waals surface area (Å²) in [4.78, 5) is 26.9. The highest BCUT2D eigenvalue weighted by atomic mass is 16.5. The van der Waals surface area contributed by atoms with Gasteiger partial charge in [0.05, 0.1) is 14.2 Å². The topological polar surface area (TPSA) is 77.1 Å². The van der Waals surface area contributed by atoms with Crippen LogP contribution in [0.4, 0.5) is 0 Å². The molecular formula is C26H34N2O5. The number of amides is 2.